The number of carboxylic acid groups (broad SMARTS) is 1. The molecule has 2 atom stereocenters. The van der Waals surface area contributed by atoms with Crippen molar-refractivity contribution in [2.45, 2.75) is 32.2 Å². The van der Waals surface area contributed by atoms with E-state index in [2.05, 4.69) is 10.6 Å². The summed E-state index contributed by atoms with van der Waals surface area (Å²) in [4.78, 5) is 24.0. The molecule has 1 amide bonds. The summed E-state index contributed by atoms with van der Waals surface area (Å²) in [5.74, 6) is -0.878. The number of thiophene rings is 1. The normalized spacial score (nSPS) is 21.9. The minimum absolute atomic E-state index is 0.0499. The maximum Gasteiger partial charge on any atom is 0.306 e. The lowest BCUT2D eigenvalue weighted by molar-refractivity contribution is -0.144. The first-order valence-electron chi connectivity index (χ1n) is 7.39. The SMILES string of the molecule is O=C(CNCC1CCCCC1C(=O)O)NCc1cccs1. The molecule has 2 unspecified atom stereocenters. The molecule has 1 aromatic rings. The van der Waals surface area contributed by atoms with Gasteiger partial charge in [-0.3, -0.25) is 9.59 Å². The summed E-state index contributed by atoms with van der Waals surface area (Å²) in [6.07, 6.45) is 3.77. The zero-order valence-corrected chi connectivity index (χ0v) is 12.8. The molecule has 1 saturated carbocycles. The van der Waals surface area contributed by atoms with Crippen molar-refractivity contribution in [3.63, 3.8) is 0 Å². The Morgan fingerprint density at radius 2 is 2.14 bits per heavy atom. The van der Waals surface area contributed by atoms with Crippen LogP contribution >= 0.6 is 11.3 Å². The van der Waals surface area contributed by atoms with Gasteiger partial charge < -0.3 is 15.7 Å². The number of carbonyl (C=O) groups is 2. The summed E-state index contributed by atoms with van der Waals surface area (Å²) < 4.78 is 0. The number of amides is 1. The Hall–Kier alpha value is -1.40. The Morgan fingerprint density at radius 1 is 1.33 bits per heavy atom. The molecule has 1 fully saturated rings. The molecule has 1 aromatic heterocycles. The van der Waals surface area contributed by atoms with E-state index in [1.165, 1.54) is 0 Å². The van der Waals surface area contributed by atoms with Gasteiger partial charge >= 0.3 is 5.97 Å². The van der Waals surface area contributed by atoms with Crippen LogP contribution < -0.4 is 10.6 Å². The molecule has 116 valence electrons. The lowest BCUT2D eigenvalue weighted by atomic mass is 9.79. The second-order valence-corrected chi connectivity index (χ2v) is 6.51. The molecule has 0 radical (unpaired) electrons. The summed E-state index contributed by atoms with van der Waals surface area (Å²) in [6.45, 7) is 1.40. The third kappa shape index (κ3) is 5.13. The summed E-state index contributed by atoms with van der Waals surface area (Å²) in [7, 11) is 0. The molecule has 0 spiro atoms. The molecular weight excluding hydrogens is 288 g/mol. The zero-order valence-electron chi connectivity index (χ0n) is 12.0. The van der Waals surface area contributed by atoms with E-state index in [-0.39, 0.29) is 24.3 Å². The van der Waals surface area contributed by atoms with Crippen LogP contribution in [0.4, 0.5) is 0 Å². The number of hydrogen-bond acceptors (Lipinski definition) is 4. The van der Waals surface area contributed by atoms with Gasteiger partial charge in [-0.2, -0.15) is 0 Å². The van der Waals surface area contributed by atoms with E-state index in [4.69, 9.17) is 0 Å². The van der Waals surface area contributed by atoms with Crippen molar-refractivity contribution in [3.8, 4) is 0 Å². The monoisotopic (exact) mass is 310 g/mol. The topological polar surface area (TPSA) is 78.4 Å². The van der Waals surface area contributed by atoms with E-state index < -0.39 is 5.97 Å². The molecule has 3 N–H and O–H groups in total. The third-order valence-corrected chi connectivity index (χ3v) is 4.83. The van der Waals surface area contributed by atoms with Crippen molar-refractivity contribution in [1.82, 2.24) is 10.6 Å². The van der Waals surface area contributed by atoms with E-state index in [9.17, 15) is 14.7 Å². The molecule has 1 aliphatic carbocycles. The molecule has 21 heavy (non-hydrogen) atoms. The first-order valence-corrected chi connectivity index (χ1v) is 8.27. The summed E-state index contributed by atoms with van der Waals surface area (Å²) in [5.41, 5.74) is 0. The molecule has 2 rings (SSSR count). The van der Waals surface area contributed by atoms with Crippen molar-refractivity contribution < 1.29 is 14.7 Å². The lowest BCUT2D eigenvalue weighted by Gasteiger charge is -2.28. The second-order valence-electron chi connectivity index (χ2n) is 5.48. The fourth-order valence-corrected chi connectivity index (χ4v) is 3.45. The molecule has 0 aliphatic heterocycles. The fraction of sp³-hybridized carbons (Fsp3) is 0.600. The minimum Gasteiger partial charge on any atom is -0.481 e. The van der Waals surface area contributed by atoms with E-state index in [1.807, 2.05) is 17.5 Å². The van der Waals surface area contributed by atoms with Gasteiger partial charge in [-0.25, -0.2) is 0 Å². The predicted octanol–water partition coefficient (Wildman–Crippen LogP) is 1.84. The highest BCUT2D eigenvalue weighted by Crippen LogP contribution is 2.29. The fourth-order valence-electron chi connectivity index (χ4n) is 2.81. The van der Waals surface area contributed by atoms with Gasteiger partial charge in [0.05, 0.1) is 19.0 Å². The van der Waals surface area contributed by atoms with Crippen LogP contribution in [0.1, 0.15) is 30.6 Å². The van der Waals surface area contributed by atoms with Crippen molar-refractivity contribution in [1.29, 1.82) is 0 Å². The molecule has 6 heteroatoms. The van der Waals surface area contributed by atoms with Gasteiger partial charge in [0.1, 0.15) is 0 Å². The number of carbonyl (C=O) groups excluding carboxylic acids is 1. The standard InChI is InChI=1S/C15H22N2O3S/c18-14(17-9-12-5-3-7-21-12)10-16-8-11-4-1-2-6-13(11)15(19)20/h3,5,7,11,13,16H,1-2,4,6,8-10H2,(H,17,18)(H,19,20). The molecule has 0 aromatic carbocycles. The lowest BCUT2D eigenvalue weighted by Crippen LogP contribution is -2.39. The van der Waals surface area contributed by atoms with Crippen LogP contribution in [0, 0.1) is 11.8 Å². The Bertz CT molecular complexity index is 461. The maximum absolute atomic E-state index is 11.7. The van der Waals surface area contributed by atoms with Crippen LogP contribution in [0.3, 0.4) is 0 Å². The zero-order chi connectivity index (χ0) is 15.1. The molecule has 5 nitrogen and oxygen atoms in total. The minimum atomic E-state index is -0.705. The van der Waals surface area contributed by atoms with E-state index >= 15 is 0 Å². The van der Waals surface area contributed by atoms with Crippen molar-refractivity contribution in [2.75, 3.05) is 13.1 Å². The van der Waals surface area contributed by atoms with E-state index in [1.54, 1.807) is 11.3 Å². The number of rotatable bonds is 7. The van der Waals surface area contributed by atoms with Crippen LogP contribution in [0.25, 0.3) is 0 Å². The number of nitrogens with one attached hydrogen (secondary N) is 2. The van der Waals surface area contributed by atoms with Crippen LogP contribution in [-0.4, -0.2) is 30.1 Å². The molecule has 1 aliphatic rings. The largest absolute Gasteiger partial charge is 0.481 e. The average molecular weight is 310 g/mol. The smallest absolute Gasteiger partial charge is 0.306 e. The van der Waals surface area contributed by atoms with Gasteiger partial charge in [0.15, 0.2) is 0 Å². The Kier molecular flexibility index (Phi) is 6.20. The summed E-state index contributed by atoms with van der Waals surface area (Å²) in [6, 6.07) is 3.94. The van der Waals surface area contributed by atoms with Crippen LogP contribution in [-0.2, 0) is 16.1 Å². The highest BCUT2D eigenvalue weighted by Gasteiger charge is 2.30. The summed E-state index contributed by atoms with van der Waals surface area (Å²) >= 11 is 1.61. The van der Waals surface area contributed by atoms with Gasteiger partial charge in [0.25, 0.3) is 0 Å². The Morgan fingerprint density at radius 3 is 2.86 bits per heavy atom. The number of carboxylic acids is 1. The Labute approximate surface area is 128 Å². The van der Waals surface area contributed by atoms with Gasteiger partial charge in [-0.05, 0) is 36.8 Å². The number of aliphatic carboxylic acids is 1. The van der Waals surface area contributed by atoms with Crippen molar-refractivity contribution in [2.24, 2.45) is 11.8 Å². The van der Waals surface area contributed by atoms with Crippen LogP contribution in [0.15, 0.2) is 17.5 Å². The van der Waals surface area contributed by atoms with Crippen molar-refractivity contribution in [3.05, 3.63) is 22.4 Å². The average Bonchev–Trinajstić information content (AvgIpc) is 2.99. The Balaban J connectivity index is 1.65. The molecule has 0 saturated heterocycles. The van der Waals surface area contributed by atoms with Gasteiger partial charge in [0, 0.05) is 4.88 Å². The second kappa shape index (κ2) is 8.14. The van der Waals surface area contributed by atoms with Crippen LogP contribution in [0.5, 0.6) is 0 Å². The third-order valence-electron chi connectivity index (χ3n) is 3.96. The van der Waals surface area contributed by atoms with E-state index in [0.29, 0.717) is 13.1 Å². The van der Waals surface area contributed by atoms with Gasteiger partial charge in [-0.15, -0.1) is 11.3 Å². The number of hydrogen-bond donors (Lipinski definition) is 3. The molecule has 0 bridgehead atoms. The highest BCUT2D eigenvalue weighted by atomic mass is 32.1. The van der Waals surface area contributed by atoms with E-state index in [0.717, 1.165) is 30.6 Å². The first kappa shape index (κ1) is 16.0. The van der Waals surface area contributed by atoms with Gasteiger partial charge in [-0.1, -0.05) is 18.9 Å². The quantitative estimate of drug-likeness (QED) is 0.718. The maximum atomic E-state index is 11.7. The molecular formula is C15H22N2O3S. The first-order chi connectivity index (χ1) is 10.2. The predicted molar refractivity (Wildman–Crippen MR) is 82.1 cm³/mol. The molecule has 1 heterocycles. The van der Waals surface area contributed by atoms with Crippen molar-refractivity contribution >= 4 is 23.2 Å². The van der Waals surface area contributed by atoms with Crippen LogP contribution in [0.2, 0.25) is 0 Å². The van der Waals surface area contributed by atoms with Gasteiger partial charge in [0.2, 0.25) is 5.91 Å². The summed E-state index contributed by atoms with van der Waals surface area (Å²) in [5, 5.41) is 17.1. The highest BCUT2D eigenvalue weighted by molar-refractivity contribution is 7.09.